The molecule has 4 heteroatoms. The Labute approximate surface area is 86.9 Å². The SMILES string of the molecule is CCC(C=O)C(=O)Oc1ccc(F)cc1. The summed E-state index contributed by atoms with van der Waals surface area (Å²) >= 11 is 0. The summed E-state index contributed by atoms with van der Waals surface area (Å²) in [4.78, 5) is 21.8. The van der Waals surface area contributed by atoms with Gasteiger partial charge in [0, 0.05) is 0 Å². The zero-order valence-electron chi connectivity index (χ0n) is 8.27. The van der Waals surface area contributed by atoms with Crippen molar-refractivity contribution in [2.24, 2.45) is 5.92 Å². The number of esters is 1. The Morgan fingerprint density at radius 2 is 2.07 bits per heavy atom. The Morgan fingerprint density at radius 1 is 1.47 bits per heavy atom. The molecule has 0 saturated heterocycles. The number of carbonyl (C=O) groups excluding carboxylic acids is 2. The van der Waals surface area contributed by atoms with Crippen molar-refractivity contribution in [3.05, 3.63) is 30.1 Å². The number of ether oxygens (including phenoxy) is 1. The van der Waals surface area contributed by atoms with Gasteiger partial charge in [-0.2, -0.15) is 0 Å². The first kappa shape index (κ1) is 11.4. The van der Waals surface area contributed by atoms with Gasteiger partial charge in [0.1, 0.15) is 23.8 Å². The van der Waals surface area contributed by atoms with Crippen molar-refractivity contribution in [3.63, 3.8) is 0 Å². The number of halogens is 1. The molecular weight excluding hydrogens is 199 g/mol. The van der Waals surface area contributed by atoms with Gasteiger partial charge in [-0.1, -0.05) is 6.92 Å². The predicted molar refractivity (Wildman–Crippen MR) is 51.9 cm³/mol. The summed E-state index contributed by atoms with van der Waals surface area (Å²) in [7, 11) is 0. The number of rotatable bonds is 4. The average molecular weight is 210 g/mol. The third kappa shape index (κ3) is 3.16. The Kier molecular flexibility index (Phi) is 3.97. The van der Waals surface area contributed by atoms with Crippen LogP contribution >= 0.6 is 0 Å². The molecule has 1 atom stereocenters. The molecule has 0 radical (unpaired) electrons. The fraction of sp³-hybridized carbons (Fsp3) is 0.273. The summed E-state index contributed by atoms with van der Waals surface area (Å²) in [5.74, 6) is -1.53. The van der Waals surface area contributed by atoms with Gasteiger partial charge in [0.15, 0.2) is 0 Å². The smallest absolute Gasteiger partial charge is 0.321 e. The largest absolute Gasteiger partial charge is 0.426 e. The standard InChI is InChI=1S/C11H11FO3/c1-2-8(7-13)11(14)15-10-5-3-9(12)4-6-10/h3-8H,2H2,1H3. The lowest BCUT2D eigenvalue weighted by Gasteiger charge is -2.07. The summed E-state index contributed by atoms with van der Waals surface area (Å²) in [6.07, 6.45) is 0.940. The summed E-state index contributed by atoms with van der Waals surface area (Å²) in [6.45, 7) is 1.71. The van der Waals surface area contributed by atoms with Gasteiger partial charge >= 0.3 is 5.97 Å². The topological polar surface area (TPSA) is 43.4 Å². The van der Waals surface area contributed by atoms with Gasteiger partial charge in [-0.05, 0) is 30.7 Å². The zero-order chi connectivity index (χ0) is 11.3. The van der Waals surface area contributed by atoms with Gasteiger partial charge in [-0.15, -0.1) is 0 Å². The first-order chi connectivity index (χ1) is 7.17. The molecule has 1 rings (SSSR count). The number of hydrogen-bond donors (Lipinski definition) is 0. The minimum Gasteiger partial charge on any atom is -0.426 e. The normalized spacial score (nSPS) is 11.9. The second-order valence-electron chi connectivity index (χ2n) is 3.03. The molecular formula is C11H11FO3. The lowest BCUT2D eigenvalue weighted by molar-refractivity contribution is -0.141. The molecule has 0 amide bonds. The molecule has 0 saturated carbocycles. The molecule has 0 aromatic heterocycles. The molecule has 0 spiro atoms. The summed E-state index contributed by atoms with van der Waals surface area (Å²) in [6, 6.07) is 5.05. The number of benzene rings is 1. The number of hydrogen-bond acceptors (Lipinski definition) is 3. The van der Waals surface area contributed by atoms with Crippen LogP contribution in [0.5, 0.6) is 5.75 Å². The maximum atomic E-state index is 12.5. The van der Waals surface area contributed by atoms with Crippen molar-refractivity contribution < 1.29 is 18.7 Å². The van der Waals surface area contributed by atoms with Crippen LogP contribution in [0.1, 0.15) is 13.3 Å². The van der Waals surface area contributed by atoms with E-state index in [2.05, 4.69) is 0 Å². The summed E-state index contributed by atoms with van der Waals surface area (Å²) < 4.78 is 17.4. The van der Waals surface area contributed by atoms with Gasteiger partial charge < -0.3 is 9.53 Å². The first-order valence-electron chi connectivity index (χ1n) is 4.60. The van der Waals surface area contributed by atoms with Crippen LogP contribution in [0, 0.1) is 11.7 Å². The van der Waals surface area contributed by atoms with E-state index >= 15 is 0 Å². The van der Waals surface area contributed by atoms with E-state index in [-0.39, 0.29) is 5.75 Å². The molecule has 1 aromatic rings. The third-order valence-electron chi connectivity index (χ3n) is 1.94. The molecule has 0 bridgehead atoms. The van der Waals surface area contributed by atoms with Crippen molar-refractivity contribution in [3.8, 4) is 5.75 Å². The van der Waals surface area contributed by atoms with Gasteiger partial charge in [-0.25, -0.2) is 4.39 Å². The van der Waals surface area contributed by atoms with E-state index in [1.165, 1.54) is 24.3 Å². The Balaban J connectivity index is 2.65. The van der Waals surface area contributed by atoms with Crippen LogP contribution in [0.25, 0.3) is 0 Å². The molecule has 0 heterocycles. The van der Waals surface area contributed by atoms with E-state index in [9.17, 15) is 14.0 Å². The Hall–Kier alpha value is -1.71. The van der Waals surface area contributed by atoms with Crippen LogP contribution in [0.2, 0.25) is 0 Å². The minimum atomic E-state index is -0.755. The maximum Gasteiger partial charge on any atom is 0.321 e. The zero-order valence-corrected chi connectivity index (χ0v) is 8.27. The van der Waals surface area contributed by atoms with Crippen LogP contribution in [0.15, 0.2) is 24.3 Å². The van der Waals surface area contributed by atoms with E-state index in [4.69, 9.17) is 4.74 Å². The van der Waals surface area contributed by atoms with Crippen LogP contribution in [0.3, 0.4) is 0 Å². The molecule has 0 aliphatic rings. The Morgan fingerprint density at radius 3 is 2.53 bits per heavy atom. The highest BCUT2D eigenvalue weighted by Crippen LogP contribution is 2.13. The van der Waals surface area contributed by atoms with Gasteiger partial charge in [0.25, 0.3) is 0 Å². The van der Waals surface area contributed by atoms with Crippen molar-refractivity contribution in [2.45, 2.75) is 13.3 Å². The molecule has 1 aromatic carbocycles. The first-order valence-corrected chi connectivity index (χ1v) is 4.60. The average Bonchev–Trinajstić information content (AvgIpc) is 2.23. The van der Waals surface area contributed by atoms with Crippen LogP contribution in [-0.4, -0.2) is 12.3 Å². The van der Waals surface area contributed by atoms with Crippen molar-refractivity contribution in [2.75, 3.05) is 0 Å². The molecule has 0 fully saturated rings. The minimum absolute atomic E-state index is 0.238. The van der Waals surface area contributed by atoms with Crippen molar-refractivity contribution in [1.82, 2.24) is 0 Å². The molecule has 0 N–H and O–H groups in total. The number of carbonyl (C=O) groups is 2. The van der Waals surface area contributed by atoms with Gasteiger partial charge in [0.2, 0.25) is 0 Å². The highest BCUT2D eigenvalue weighted by atomic mass is 19.1. The van der Waals surface area contributed by atoms with Gasteiger partial charge in [0.05, 0.1) is 0 Å². The molecule has 0 aliphatic carbocycles. The monoisotopic (exact) mass is 210 g/mol. The Bertz CT molecular complexity index is 345. The molecule has 80 valence electrons. The van der Waals surface area contributed by atoms with E-state index in [0.29, 0.717) is 12.7 Å². The molecule has 15 heavy (non-hydrogen) atoms. The second-order valence-corrected chi connectivity index (χ2v) is 3.03. The number of aldehydes is 1. The fourth-order valence-corrected chi connectivity index (χ4v) is 1.01. The fourth-order valence-electron chi connectivity index (χ4n) is 1.01. The van der Waals surface area contributed by atoms with E-state index in [1.807, 2.05) is 0 Å². The van der Waals surface area contributed by atoms with E-state index in [1.54, 1.807) is 6.92 Å². The lowest BCUT2D eigenvalue weighted by atomic mass is 10.1. The van der Waals surface area contributed by atoms with E-state index < -0.39 is 17.7 Å². The van der Waals surface area contributed by atoms with Crippen LogP contribution in [-0.2, 0) is 9.59 Å². The summed E-state index contributed by atoms with van der Waals surface area (Å²) in [5, 5.41) is 0. The van der Waals surface area contributed by atoms with Gasteiger partial charge in [-0.3, -0.25) is 4.79 Å². The van der Waals surface area contributed by atoms with Crippen LogP contribution < -0.4 is 4.74 Å². The highest BCUT2D eigenvalue weighted by Gasteiger charge is 2.17. The summed E-state index contributed by atoms with van der Waals surface area (Å²) in [5.41, 5.74) is 0. The van der Waals surface area contributed by atoms with E-state index in [0.717, 1.165) is 0 Å². The van der Waals surface area contributed by atoms with Crippen molar-refractivity contribution in [1.29, 1.82) is 0 Å². The van der Waals surface area contributed by atoms with Crippen molar-refractivity contribution >= 4 is 12.3 Å². The molecule has 3 nitrogen and oxygen atoms in total. The second kappa shape index (κ2) is 5.24. The third-order valence-corrected chi connectivity index (χ3v) is 1.94. The van der Waals surface area contributed by atoms with Crippen LogP contribution in [0.4, 0.5) is 4.39 Å². The molecule has 0 aliphatic heterocycles. The lowest BCUT2D eigenvalue weighted by Crippen LogP contribution is -2.20. The quantitative estimate of drug-likeness (QED) is 0.330. The predicted octanol–water partition coefficient (Wildman–Crippen LogP) is 1.96. The molecule has 1 unspecified atom stereocenters. The highest BCUT2D eigenvalue weighted by molar-refractivity contribution is 5.88. The maximum absolute atomic E-state index is 12.5.